The first-order chi connectivity index (χ1) is 13.3. The first-order valence-corrected chi connectivity index (χ1v) is 10.3. The lowest BCUT2D eigenvalue weighted by Gasteiger charge is -2.15. The van der Waals surface area contributed by atoms with E-state index in [1.165, 1.54) is 0 Å². The highest BCUT2D eigenvalue weighted by Crippen LogP contribution is 2.39. The van der Waals surface area contributed by atoms with E-state index in [-0.39, 0.29) is 50.2 Å². The Balaban J connectivity index is 1.70. The molecule has 0 N–H and O–H groups in total. The van der Waals surface area contributed by atoms with Crippen LogP contribution in [0.25, 0.3) is 0 Å². The van der Waals surface area contributed by atoms with Gasteiger partial charge in [0.1, 0.15) is 17.8 Å². The lowest BCUT2D eigenvalue weighted by atomic mass is 10.1. The summed E-state index contributed by atoms with van der Waals surface area (Å²) in [5.74, 6) is 0. The molecule has 0 amide bonds. The van der Waals surface area contributed by atoms with Gasteiger partial charge in [0, 0.05) is 0 Å². The summed E-state index contributed by atoms with van der Waals surface area (Å²) in [6.07, 6.45) is 2.27. The molecule has 156 valence electrons. The van der Waals surface area contributed by atoms with Crippen LogP contribution in [0, 0.1) is 0 Å². The molecule has 9 heteroatoms. The fourth-order valence-electron chi connectivity index (χ4n) is 4.15. The predicted octanol–water partition coefficient (Wildman–Crippen LogP) is 0.0940. The largest absolute Gasteiger partial charge is 0.368 e. The highest BCUT2D eigenvalue weighted by molar-refractivity contribution is 4.99. The van der Waals surface area contributed by atoms with Gasteiger partial charge in [-0.3, -0.25) is 0 Å². The first-order valence-electron chi connectivity index (χ1n) is 10.3. The standard InChI is InChI=1S/C19H29N3O6/c1-5-11-13(26-11)8-20-16(23)21(9-14-12(6-2)27-14)18(25)22(17(20)24)10-19(4)15(7-3)28-19/h11-15H,5-10H2,1-4H3. The van der Waals surface area contributed by atoms with Gasteiger partial charge in [0.25, 0.3) is 0 Å². The van der Waals surface area contributed by atoms with Crippen LogP contribution in [0.1, 0.15) is 47.0 Å². The lowest BCUT2D eigenvalue weighted by Crippen LogP contribution is -2.56. The average Bonchev–Trinajstić information content (AvgIpc) is 3.58. The average molecular weight is 395 g/mol. The Labute approximate surface area is 162 Å². The van der Waals surface area contributed by atoms with Gasteiger partial charge in [0.15, 0.2) is 0 Å². The molecule has 4 rings (SSSR count). The third-order valence-corrected chi connectivity index (χ3v) is 6.17. The fraction of sp³-hybridized carbons (Fsp3) is 0.842. The van der Waals surface area contributed by atoms with Crippen LogP contribution in [0.2, 0.25) is 0 Å². The number of epoxide rings is 3. The zero-order valence-corrected chi connectivity index (χ0v) is 16.9. The maximum absolute atomic E-state index is 13.0. The van der Waals surface area contributed by atoms with Gasteiger partial charge in [-0.15, -0.1) is 0 Å². The summed E-state index contributed by atoms with van der Waals surface area (Å²) in [6, 6.07) is 0. The van der Waals surface area contributed by atoms with E-state index in [1.54, 1.807) is 0 Å². The van der Waals surface area contributed by atoms with Crippen molar-refractivity contribution in [1.82, 2.24) is 13.7 Å². The molecular weight excluding hydrogens is 366 g/mol. The number of ether oxygens (including phenoxy) is 3. The van der Waals surface area contributed by atoms with Gasteiger partial charge in [0.05, 0.1) is 37.9 Å². The number of aromatic nitrogens is 3. The minimum Gasteiger partial charge on any atom is -0.368 e. The van der Waals surface area contributed by atoms with Gasteiger partial charge in [-0.2, -0.15) is 0 Å². The highest BCUT2D eigenvalue weighted by Gasteiger charge is 2.52. The molecule has 3 aliphatic heterocycles. The van der Waals surface area contributed by atoms with Crippen molar-refractivity contribution >= 4 is 0 Å². The molecule has 28 heavy (non-hydrogen) atoms. The van der Waals surface area contributed by atoms with Crippen LogP contribution < -0.4 is 17.1 Å². The lowest BCUT2D eigenvalue weighted by molar-refractivity contribution is 0.267. The molecule has 3 fully saturated rings. The van der Waals surface area contributed by atoms with Crippen molar-refractivity contribution in [2.45, 2.75) is 103 Å². The predicted molar refractivity (Wildman–Crippen MR) is 101 cm³/mol. The molecule has 1 aromatic rings. The summed E-state index contributed by atoms with van der Waals surface area (Å²) in [5.41, 5.74) is -2.32. The number of hydrogen-bond donors (Lipinski definition) is 0. The molecule has 0 radical (unpaired) electrons. The topological polar surface area (TPSA) is 104 Å². The Morgan fingerprint density at radius 3 is 1.57 bits per heavy atom. The summed E-state index contributed by atoms with van der Waals surface area (Å²) < 4.78 is 20.1. The maximum atomic E-state index is 13.0. The zero-order valence-electron chi connectivity index (χ0n) is 16.9. The van der Waals surface area contributed by atoms with Crippen molar-refractivity contribution in [3.05, 3.63) is 31.5 Å². The molecule has 0 aromatic carbocycles. The second kappa shape index (κ2) is 6.96. The van der Waals surface area contributed by atoms with Crippen molar-refractivity contribution in [3.8, 4) is 0 Å². The van der Waals surface area contributed by atoms with E-state index >= 15 is 0 Å². The second-order valence-electron chi connectivity index (χ2n) is 8.22. The second-order valence-corrected chi connectivity index (χ2v) is 8.22. The minimum atomic E-state index is -0.591. The van der Waals surface area contributed by atoms with Crippen LogP contribution in [0.3, 0.4) is 0 Å². The quantitative estimate of drug-likeness (QED) is 0.549. The van der Waals surface area contributed by atoms with Gasteiger partial charge in [-0.05, 0) is 26.2 Å². The molecule has 0 aliphatic carbocycles. The van der Waals surface area contributed by atoms with Crippen LogP contribution in [0.5, 0.6) is 0 Å². The van der Waals surface area contributed by atoms with Crippen LogP contribution in [-0.4, -0.2) is 49.8 Å². The van der Waals surface area contributed by atoms with Gasteiger partial charge in [0.2, 0.25) is 0 Å². The third-order valence-electron chi connectivity index (χ3n) is 6.17. The molecule has 3 saturated heterocycles. The van der Waals surface area contributed by atoms with E-state index in [0.717, 1.165) is 33.0 Å². The van der Waals surface area contributed by atoms with Crippen LogP contribution in [0.4, 0.5) is 0 Å². The van der Waals surface area contributed by atoms with E-state index in [1.807, 2.05) is 27.7 Å². The van der Waals surface area contributed by atoms with Crippen molar-refractivity contribution in [1.29, 1.82) is 0 Å². The minimum absolute atomic E-state index is 0.0140. The van der Waals surface area contributed by atoms with E-state index in [2.05, 4.69) is 0 Å². The fourth-order valence-corrected chi connectivity index (χ4v) is 4.15. The van der Waals surface area contributed by atoms with Crippen LogP contribution in [0.15, 0.2) is 14.4 Å². The van der Waals surface area contributed by atoms with E-state index in [0.29, 0.717) is 0 Å². The smallest absolute Gasteiger partial charge is 0.336 e. The zero-order chi connectivity index (χ0) is 20.2. The SMILES string of the molecule is CCC1OC1Cn1c(=O)n(CC2OC2CC)c(=O)n(CC2(C)OC2CC)c1=O. The summed E-state index contributed by atoms with van der Waals surface area (Å²) in [6.45, 7) is 8.34. The molecule has 4 heterocycles. The molecule has 3 aliphatic rings. The molecular formula is C19H29N3O6. The number of hydrogen-bond acceptors (Lipinski definition) is 6. The summed E-state index contributed by atoms with van der Waals surface area (Å²) >= 11 is 0. The maximum Gasteiger partial charge on any atom is 0.336 e. The molecule has 0 bridgehead atoms. The molecule has 6 atom stereocenters. The Bertz CT molecular complexity index is 875. The highest BCUT2D eigenvalue weighted by atomic mass is 16.6. The summed E-state index contributed by atoms with van der Waals surface area (Å²) in [7, 11) is 0. The Morgan fingerprint density at radius 1 is 0.750 bits per heavy atom. The first kappa shape index (κ1) is 19.6. The Morgan fingerprint density at radius 2 is 1.21 bits per heavy atom. The van der Waals surface area contributed by atoms with Crippen molar-refractivity contribution in [3.63, 3.8) is 0 Å². The van der Waals surface area contributed by atoms with Crippen molar-refractivity contribution in [2.75, 3.05) is 0 Å². The monoisotopic (exact) mass is 395 g/mol. The number of nitrogens with zero attached hydrogens (tertiary/aromatic N) is 3. The van der Waals surface area contributed by atoms with Crippen LogP contribution in [-0.2, 0) is 33.8 Å². The summed E-state index contributed by atoms with van der Waals surface area (Å²) in [5, 5.41) is 0. The number of rotatable bonds is 9. The van der Waals surface area contributed by atoms with E-state index < -0.39 is 22.7 Å². The summed E-state index contributed by atoms with van der Waals surface area (Å²) in [4.78, 5) is 39.0. The van der Waals surface area contributed by atoms with Crippen LogP contribution >= 0.6 is 0 Å². The molecule has 0 saturated carbocycles. The van der Waals surface area contributed by atoms with E-state index in [9.17, 15) is 14.4 Å². The molecule has 6 unspecified atom stereocenters. The van der Waals surface area contributed by atoms with Crippen molar-refractivity contribution in [2.24, 2.45) is 0 Å². The Kier molecular flexibility index (Phi) is 4.87. The Hall–Kier alpha value is -1.71. The molecule has 1 aromatic heterocycles. The molecule has 9 nitrogen and oxygen atoms in total. The van der Waals surface area contributed by atoms with Gasteiger partial charge < -0.3 is 14.2 Å². The van der Waals surface area contributed by atoms with E-state index in [4.69, 9.17) is 14.2 Å². The van der Waals surface area contributed by atoms with Crippen molar-refractivity contribution < 1.29 is 14.2 Å². The van der Waals surface area contributed by atoms with Gasteiger partial charge >= 0.3 is 17.1 Å². The third kappa shape index (κ3) is 3.40. The van der Waals surface area contributed by atoms with Gasteiger partial charge in [-0.25, -0.2) is 28.1 Å². The molecule has 0 spiro atoms. The normalized spacial score (nSPS) is 35.8. The van der Waals surface area contributed by atoms with Gasteiger partial charge in [-0.1, -0.05) is 20.8 Å².